The molecule has 1 aromatic heterocycles. The highest BCUT2D eigenvalue weighted by atomic mass is 16.5. The van der Waals surface area contributed by atoms with Crippen molar-refractivity contribution in [3.05, 3.63) is 35.7 Å². The zero-order chi connectivity index (χ0) is 12.3. The van der Waals surface area contributed by atoms with Gasteiger partial charge in [-0.15, -0.1) is 0 Å². The van der Waals surface area contributed by atoms with Crippen molar-refractivity contribution < 1.29 is 4.74 Å². The Kier molecular flexibility index (Phi) is 3.95. The maximum Gasteiger partial charge on any atom is 0.0653 e. The lowest BCUT2D eigenvalue weighted by atomic mass is 9.92. The zero-order valence-electron chi connectivity index (χ0n) is 10.9. The minimum Gasteiger partial charge on any atom is -0.377 e. The zero-order valence-corrected chi connectivity index (χ0v) is 10.9. The van der Waals surface area contributed by atoms with Crippen LogP contribution in [0.25, 0.3) is 5.57 Å². The molecule has 92 valence electrons. The van der Waals surface area contributed by atoms with Crippen molar-refractivity contribution in [1.29, 1.82) is 0 Å². The minimum absolute atomic E-state index is 0.510. The SMILES string of the molecule is CC(C)C(C)c1cc(C2=CCOCC2)ccn1. The van der Waals surface area contributed by atoms with Crippen LogP contribution in [0.15, 0.2) is 24.4 Å². The van der Waals surface area contributed by atoms with Gasteiger partial charge in [0.05, 0.1) is 13.2 Å². The van der Waals surface area contributed by atoms with Crippen molar-refractivity contribution in [3.8, 4) is 0 Å². The average molecular weight is 231 g/mol. The fourth-order valence-corrected chi connectivity index (χ4v) is 2.03. The Morgan fingerprint density at radius 1 is 1.29 bits per heavy atom. The highest BCUT2D eigenvalue weighted by Gasteiger charge is 2.13. The first-order valence-corrected chi connectivity index (χ1v) is 6.41. The first-order chi connectivity index (χ1) is 8.18. The third-order valence-electron chi connectivity index (χ3n) is 3.58. The molecule has 0 spiro atoms. The van der Waals surface area contributed by atoms with Crippen LogP contribution in [0.2, 0.25) is 0 Å². The lowest BCUT2D eigenvalue weighted by Crippen LogP contribution is -2.07. The van der Waals surface area contributed by atoms with E-state index >= 15 is 0 Å². The highest BCUT2D eigenvalue weighted by molar-refractivity contribution is 5.66. The molecule has 0 bridgehead atoms. The third kappa shape index (κ3) is 2.95. The van der Waals surface area contributed by atoms with Crippen LogP contribution >= 0.6 is 0 Å². The molecule has 2 heterocycles. The van der Waals surface area contributed by atoms with E-state index in [1.165, 1.54) is 16.8 Å². The number of hydrogen-bond acceptors (Lipinski definition) is 2. The van der Waals surface area contributed by atoms with Crippen LogP contribution in [0.4, 0.5) is 0 Å². The largest absolute Gasteiger partial charge is 0.377 e. The van der Waals surface area contributed by atoms with Crippen LogP contribution in [0, 0.1) is 5.92 Å². The summed E-state index contributed by atoms with van der Waals surface area (Å²) in [7, 11) is 0. The standard InChI is InChI=1S/C15H21NO/c1-11(2)12(3)15-10-14(4-7-16-15)13-5-8-17-9-6-13/h4-5,7,10-12H,6,8-9H2,1-3H3. The van der Waals surface area contributed by atoms with Gasteiger partial charge in [0.2, 0.25) is 0 Å². The Labute approximate surface area is 104 Å². The molecule has 0 aliphatic carbocycles. The molecule has 0 fully saturated rings. The Hall–Kier alpha value is -1.15. The quantitative estimate of drug-likeness (QED) is 0.792. The van der Waals surface area contributed by atoms with Crippen LogP contribution in [-0.4, -0.2) is 18.2 Å². The second-order valence-electron chi connectivity index (χ2n) is 5.06. The van der Waals surface area contributed by atoms with E-state index in [1.54, 1.807) is 0 Å². The van der Waals surface area contributed by atoms with Gasteiger partial charge in [0.1, 0.15) is 0 Å². The van der Waals surface area contributed by atoms with Crippen molar-refractivity contribution in [2.75, 3.05) is 13.2 Å². The van der Waals surface area contributed by atoms with Gasteiger partial charge in [-0.25, -0.2) is 0 Å². The molecule has 2 rings (SSSR count). The second-order valence-corrected chi connectivity index (χ2v) is 5.06. The maximum atomic E-state index is 5.35. The van der Waals surface area contributed by atoms with Gasteiger partial charge in [-0.05, 0) is 35.6 Å². The molecular weight excluding hydrogens is 210 g/mol. The van der Waals surface area contributed by atoms with E-state index in [4.69, 9.17) is 4.74 Å². The molecule has 0 saturated carbocycles. The second kappa shape index (κ2) is 5.46. The van der Waals surface area contributed by atoms with Crippen LogP contribution in [0.3, 0.4) is 0 Å². The molecule has 1 atom stereocenters. The molecule has 0 N–H and O–H groups in total. The summed E-state index contributed by atoms with van der Waals surface area (Å²) >= 11 is 0. The van der Waals surface area contributed by atoms with Crippen LogP contribution in [0.1, 0.15) is 44.4 Å². The molecule has 0 aromatic carbocycles. The van der Waals surface area contributed by atoms with Crippen molar-refractivity contribution in [2.45, 2.75) is 33.1 Å². The number of hydrogen-bond donors (Lipinski definition) is 0. The van der Waals surface area contributed by atoms with E-state index in [0.29, 0.717) is 11.8 Å². The van der Waals surface area contributed by atoms with Gasteiger partial charge in [0, 0.05) is 17.8 Å². The third-order valence-corrected chi connectivity index (χ3v) is 3.58. The first kappa shape index (κ1) is 12.3. The van der Waals surface area contributed by atoms with Crippen molar-refractivity contribution >= 4 is 5.57 Å². The van der Waals surface area contributed by atoms with Crippen LogP contribution in [-0.2, 0) is 4.74 Å². The molecule has 2 heteroatoms. The van der Waals surface area contributed by atoms with Crippen molar-refractivity contribution in [1.82, 2.24) is 4.98 Å². The summed E-state index contributed by atoms with van der Waals surface area (Å²) in [6.07, 6.45) is 5.13. The predicted octanol–water partition coefficient (Wildman–Crippen LogP) is 3.64. The Morgan fingerprint density at radius 3 is 2.76 bits per heavy atom. The van der Waals surface area contributed by atoms with Crippen LogP contribution < -0.4 is 0 Å². The molecule has 1 aliphatic heterocycles. The van der Waals surface area contributed by atoms with E-state index in [-0.39, 0.29) is 0 Å². The maximum absolute atomic E-state index is 5.35. The number of rotatable bonds is 3. The molecule has 17 heavy (non-hydrogen) atoms. The Bertz CT molecular complexity index is 409. The number of aromatic nitrogens is 1. The average Bonchev–Trinajstić information content (AvgIpc) is 2.39. The number of nitrogens with zero attached hydrogens (tertiary/aromatic N) is 1. The van der Waals surface area contributed by atoms with E-state index in [2.05, 4.69) is 44.0 Å². The molecule has 0 saturated heterocycles. The summed E-state index contributed by atoms with van der Waals surface area (Å²) in [6.45, 7) is 8.31. The van der Waals surface area contributed by atoms with Gasteiger partial charge < -0.3 is 4.74 Å². The minimum atomic E-state index is 0.510. The lowest BCUT2D eigenvalue weighted by molar-refractivity contribution is 0.161. The highest BCUT2D eigenvalue weighted by Crippen LogP contribution is 2.26. The first-order valence-electron chi connectivity index (χ1n) is 6.41. The summed E-state index contributed by atoms with van der Waals surface area (Å²) in [5.41, 5.74) is 3.91. The molecule has 1 aliphatic rings. The van der Waals surface area contributed by atoms with E-state index in [0.717, 1.165) is 19.6 Å². The fourth-order valence-electron chi connectivity index (χ4n) is 2.03. The van der Waals surface area contributed by atoms with E-state index < -0.39 is 0 Å². The van der Waals surface area contributed by atoms with Gasteiger partial charge in [-0.3, -0.25) is 4.98 Å². The fraction of sp³-hybridized carbons (Fsp3) is 0.533. The molecule has 1 unspecified atom stereocenters. The Morgan fingerprint density at radius 2 is 2.12 bits per heavy atom. The Balaban J connectivity index is 2.25. The molecule has 0 amide bonds. The van der Waals surface area contributed by atoms with Gasteiger partial charge in [-0.2, -0.15) is 0 Å². The van der Waals surface area contributed by atoms with Gasteiger partial charge in [0.25, 0.3) is 0 Å². The predicted molar refractivity (Wildman–Crippen MR) is 70.9 cm³/mol. The smallest absolute Gasteiger partial charge is 0.0653 e. The van der Waals surface area contributed by atoms with Gasteiger partial charge in [0.15, 0.2) is 0 Å². The van der Waals surface area contributed by atoms with Gasteiger partial charge >= 0.3 is 0 Å². The van der Waals surface area contributed by atoms with Crippen molar-refractivity contribution in [3.63, 3.8) is 0 Å². The summed E-state index contributed by atoms with van der Waals surface area (Å²) < 4.78 is 5.35. The van der Waals surface area contributed by atoms with E-state index in [9.17, 15) is 0 Å². The van der Waals surface area contributed by atoms with Crippen LogP contribution in [0.5, 0.6) is 0 Å². The summed E-state index contributed by atoms with van der Waals surface area (Å²) in [6, 6.07) is 4.34. The normalized spacial score (nSPS) is 18.0. The van der Waals surface area contributed by atoms with Gasteiger partial charge in [-0.1, -0.05) is 26.8 Å². The lowest BCUT2D eigenvalue weighted by Gasteiger charge is -2.18. The topological polar surface area (TPSA) is 22.1 Å². The summed E-state index contributed by atoms with van der Waals surface area (Å²) in [4.78, 5) is 4.50. The van der Waals surface area contributed by atoms with Crippen molar-refractivity contribution in [2.24, 2.45) is 5.92 Å². The molecular formula is C15H21NO. The summed E-state index contributed by atoms with van der Waals surface area (Å²) in [5, 5.41) is 0. The molecule has 2 nitrogen and oxygen atoms in total. The molecule has 0 radical (unpaired) electrons. The molecule has 1 aromatic rings. The number of ether oxygens (including phenoxy) is 1. The summed E-state index contributed by atoms with van der Waals surface area (Å²) in [5.74, 6) is 1.14. The van der Waals surface area contributed by atoms with E-state index in [1.807, 2.05) is 6.20 Å². The monoisotopic (exact) mass is 231 g/mol. The number of pyridine rings is 1.